The average molecular weight is 494 g/mol. The van der Waals surface area contributed by atoms with Gasteiger partial charge in [0, 0.05) is 16.4 Å². The molecule has 0 radical (unpaired) electrons. The highest BCUT2D eigenvalue weighted by Gasteiger charge is 2.21. The van der Waals surface area contributed by atoms with Crippen molar-refractivity contribution in [1.82, 2.24) is 9.55 Å². The molecule has 2 aromatic heterocycles. The van der Waals surface area contributed by atoms with E-state index in [-0.39, 0.29) is 23.5 Å². The molecule has 1 aliphatic rings. The lowest BCUT2D eigenvalue weighted by Crippen LogP contribution is -2.31. The molecule has 0 spiro atoms. The van der Waals surface area contributed by atoms with Crippen molar-refractivity contribution >= 4 is 62.3 Å². The minimum Gasteiger partial charge on any atom is -0.452 e. The Bertz CT molecular complexity index is 1250. The highest BCUT2D eigenvalue weighted by atomic mass is 35.5. The predicted molar refractivity (Wildman–Crippen MR) is 126 cm³/mol. The second-order valence-corrected chi connectivity index (χ2v) is 9.56. The van der Waals surface area contributed by atoms with Crippen molar-refractivity contribution in [3.05, 3.63) is 55.4 Å². The Labute approximate surface area is 198 Å². The van der Waals surface area contributed by atoms with Crippen molar-refractivity contribution in [3.8, 4) is 0 Å². The first kappa shape index (κ1) is 22.8. The van der Waals surface area contributed by atoms with Gasteiger partial charge in [0.2, 0.25) is 0 Å². The molecule has 1 aliphatic carbocycles. The van der Waals surface area contributed by atoms with Gasteiger partial charge in [0.15, 0.2) is 6.10 Å². The maximum atomic E-state index is 13.0. The highest BCUT2D eigenvalue weighted by Crippen LogP contribution is 2.33. The molecule has 2 heterocycles. The molecular formula is C22H21Cl2N3O4S. The highest BCUT2D eigenvalue weighted by molar-refractivity contribution is 7.18. The van der Waals surface area contributed by atoms with Crippen LogP contribution in [0.15, 0.2) is 29.3 Å². The Balaban J connectivity index is 1.37. The van der Waals surface area contributed by atoms with Crippen molar-refractivity contribution < 1.29 is 14.3 Å². The van der Waals surface area contributed by atoms with Gasteiger partial charge in [-0.05, 0) is 56.4 Å². The van der Waals surface area contributed by atoms with E-state index in [9.17, 15) is 14.4 Å². The van der Waals surface area contributed by atoms with E-state index in [1.807, 2.05) is 0 Å². The zero-order valence-electron chi connectivity index (χ0n) is 17.3. The Morgan fingerprint density at radius 3 is 2.84 bits per heavy atom. The number of nitrogens with one attached hydrogen (secondary N) is 1. The Morgan fingerprint density at radius 2 is 2.06 bits per heavy atom. The number of amides is 1. The molecule has 4 rings (SSSR count). The maximum Gasteiger partial charge on any atom is 0.308 e. The van der Waals surface area contributed by atoms with E-state index < -0.39 is 18.0 Å². The first-order valence-corrected chi connectivity index (χ1v) is 11.9. The van der Waals surface area contributed by atoms with Crippen LogP contribution in [0.2, 0.25) is 10.0 Å². The molecule has 0 aliphatic heterocycles. The summed E-state index contributed by atoms with van der Waals surface area (Å²) in [6.07, 6.45) is 4.47. The van der Waals surface area contributed by atoms with E-state index in [0.29, 0.717) is 16.1 Å². The van der Waals surface area contributed by atoms with Gasteiger partial charge in [0.05, 0.1) is 28.8 Å². The molecule has 0 saturated heterocycles. The van der Waals surface area contributed by atoms with E-state index in [1.165, 1.54) is 28.8 Å². The first-order chi connectivity index (χ1) is 15.3. The SMILES string of the molecule is CC(OC(=O)CCn1cnc2sc3c(c2c1=O)CCCC3)C(=O)Nc1ccc(Cl)cc1Cl. The lowest BCUT2D eigenvalue weighted by molar-refractivity contribution is -0.153. The van der Waals surface area contributed by atoms with Crippen molar-refractivity contribution in [2.45, 2.75) is 51.7 Å². The summed E-state index contributed by atoms with van der Waals surface area (Å²) in [5, 5.41) is 4.00. The van der Waals surface area contributed by atoms with Crippen LogP contribution in [0.4, 0.5) is 5.69 Å². The van der Waals surface area contributed by atoms with Crippen LogP contribution >= 0.6 is 34.5 Å². The third-order valence-corrected chi connectivity index (χ3v) is 7.11. The van der Waals surface area contributed by atoms with Gasteiger partial charge in [-0.25, -0.2) is 4.98 Å². The van der Waals surface area contributed by atoms with Crippen LogP contribution in [-0.2, 0) is 33.7 Å². The Kier molecular flexibility index (Phi) is 6.83. The van der Waals surface area contributed by atoms with Crippen LogP contribution in [0, 0.1) is 0 Å². The molecule has 168 valence electrons. The van der Waals surface area contributed by atoms with Crippen LogP contribution in [0.5, 0.6) is 0 Å². The van der Waals surface area contributed by atoms with Gasteiger partial charge in [-0.3, -0.25) is 19.0 Å². The molecule has 7 nitrogen and oxygen atoms in total. The van der Waals surface area contributed by atoms with Crippen LogP contribution in [0.3, 0.4) is 0 Å². The van der Waals surface area contributed by atoms with E-state index in [4.69, 9.17) is 27.9 Å². The van der Waals surface area contributed by atoms with Gasteiger partial charge < -0.3 is 10.1 Å². The fourth-order valence-electron chi connectivity index (χ4n) is 3.69. The molecular weight excluding hydrogens is 473 g/mol. The summed E-state index contributed by atoms with van der Waals surface area (Å²) in [7, 11) is 0. The molecule has 0 fully saturated rings. The number of nitrogens with zero attached hydrogens (tertiary/aromatic N) is 2. The minimum atomic E-state index is -1.03. The number of hydrogen-bond donors (Lipinski definition) is 1. The Morgan fingerprint density at radius 1 is 1.28 bits per heavy atom. The van der Waals surface area contributed by atoms with Crippen molar-refractivity contribution in [2.24, 2.45) is 0 Å². The summed E-state index contributed by atoms with van der Waals surface area (Å²) in [4.78, 5) is 44.0. The topological polar surface area (TPSA) is 90.3 Å². The van der Waals surface area contributed by atoms with Crippen molar-refractivity contribution in [3.63, 3.8) is 0 Å². The normalized spacial score (nSPS) is 14.1. The lowest BCUT2D eigenvalue weighted by atomic mass is 9.97. The van der Waals surface area contributed by atoms with Crippen LogP contribution in [0.1, 0.15) is 36.6 Å². The van der Waals surface area contributed by atoms with Gasteiger partial charge in [0.1, 0.15) is 4.83 Å². The number of benzene rings is 1. The molecule has 1 N–H and O–H groups in total. The van der Waals surface area contributed by atoms with Gasteiger partial charge in [0.25, 0.3) is 11.5 Å². The molecule has 1 amide bonds. The van der Waals surface area contributed by atoms with Crippen LogP contribution < -0.4 is 10.9 Å². The number of anilines is 1. The average Bonchev–Trinajstić information content (AvgIpc) is 3.14. The fourth-order valence-corrected chi connectivity index (χ4v) is 5.36. The van der Waals surface area contributed by atoms with Gasteiger partial charge in [-0.2, -0.15) is 0 Å². The van der Waals surface area contributed by atoms with Crippen molar-refractivity contribution in [2.75, 3.05) is 5.32 Å². The summed E-state index contributed by atoms with van der Waals surface area (Å²) in [5.74, 6) is -1.11. The monoisotopic (exact) mass is 493 g/mol. The zero-order valence-corrected chi connectivity index (χ0v) is 19.6. The van der Waals surface area contributed by atoms with Gasteiger partial charge in [-0.15, -0.1) is 11.3 Å². The Hall–Kier alpha value is -2.42. The fraction of sp³-hybridized carbons (Fsp3) is 0.364. The van der Waals surface area contributed by atoms with Crippen LogP contribution in [-0.4, -0.2) is 27.5 Å². The second kappa shape index (κ2) is 9.60. The smallest absolute Gasteiger partial charge is 0.308 e. The van der Waals surface area contributed by atoms with Crippen molar-refractivity contribution in [1.29, 1.82) is 0 Å². The molecule has 32 heavy (non-hydrogen) atoms. The minimum absolute atomic E-state index is 0.0568. The number of aromatic nitrogens is 2. The number of ether oxygens (including phenoxy) is 1. The molecule has 10 heteroatoms. The van der Waals surface area contributed by atoms with Gasteiger partial charge >= 0.3 is 5.97 Å². The summed E-state index contributed by atoms with van der Waals surface area (Å²) >= 11 is 13.5. The number of halogens is 2. The van der Waals surface area contributed by atoms with E-state index >= 15 is 0 Å². The number of carbonyl (C=O) groups excluding carboxylic acids is 2. The number of carbonyl (C=O) groups is 2. The third kappa shape index (κ3) is 4.82. The molecule has 1 atom stereocenters. The lowest BCUT2D eigenvalue weighted by Gasteiger charge is -2.14. The molecule has 1 unspecified atom stereocenters. The molecule has 1 aromatic carbocycles. The van der Waals surface area contributed by atoms with Gasteiger partial charge in [-0.1, -0.05) is 23.2 Å². The standard InChI is InChI=1S/C22H21Cl2N3O4S/c1-12(20(29)26-16-7-6-13(23)10-15(16)24)31-18(28)8-9-27-11-25-21-19(22(27)30)14-4-2-3-5-17(14)32-21/h6-7,10-12H,2-5,8-9H2,1H3,(H,26,29). The molecule has 0 bridgehead atoms. The van der Waals surface area contributed by atoms with Crippen LogP contribution in [0.25, 0.3) is 10.2 Å². The summed E-state index contributed by atoms with van der Waals surface area (Å²) in [6, 6.07) is 4.66. The number of rotatable bonds is 6. The zero-order chi connectivity index (χ0) is 22.8. The number of fused-ring (bicyclic) bond motifs is 3. The maximum absolute atomic E-state index is 13.0. The summed E-state index contributed by atoms with van der Waals surface area (Å²) in [5.41, 5.74) is 1.34. The second-order valence-electron chi connectivity index (χ2n) is 7.63. The largest absolute Gasteiger partial charge is 0.452 e. The number of thiophene rings is 1. The quantitative estimate of drug-likeness (QED) is 0.506. The number of esters is 1. The molecule has 0 saturated carbocycles. The number of aryl methyl sites for hydroxylation is 3. The molecule has 3 aromatic rings. The third-order valence-electron chi connectivity index (χ3n) is 5.37. The number of hydrogen-bond acceptors (Lipinski definition) is 6. The summed E-state index contributed by atoms with van der Waals surface area (Å²) < 4.78 is 6.65. The van der Waals surface area contributed by atoms with E-state index in [2.05, 4.69) is 10.3 Å². The van der Waals surface area contributed by atoms with E-state index in [1.54, 1.807) is 23.5 Å². The predicted octanol–water partition coefficient (Wildman–Crippen LogP) is 4.60. The first-order valence-electron chi connectivity index (χ1n) is 10.3. The van der Waals surface area contributed by atoms with E-state index in [0.717, 1.165) is 36.1 Å². The summed E-state index contributed by atoms with van der Waals surface area (Å²) in [6.45, 7) is 1.59.